The second kappa shape index (κ2) is 5.81. The average molecular weight is 302 g/mol. The lowest BCUT2D eigenvalue weighted by atomic mass is 10.2. The van der Waals surface area contributed by atoms with Crippen LogP contribution in [0.3, 0.4) is 0 Å². The molecule has 3 rings (SSSR count). The first-order valence-electron chi connectivity index (χ1n) is 6.96. The number of thioether (sulfide) groups is 1. The number of amides is 1. The number of nitrogens with zero attached hydrogens (tertiary/aromatic N) is 3. The summed E-state index contributed by atoms with van der Waals surface area (Å²) in [4.78, 5) is 14.4. The van der Waals surface area contributed by atoms with E-state index in [-0.39, 0.29) is 11.9 Å². The quantitative estimate of drug-likeness (QED) is 0.862. The summed E-state index contributed by atoms with van der Waals surface area (Å²) in [5.41, 5.74) is 7.84. The average Bonchev–Trinajstić information content (AvgIpc) is 2.97. The molecule has 1 aliphatic rings. The molecule has 0 saturated carbocycles. The van der Waals surface area contributed by atoms with Crippen LogP contribution in [0.5, 0.6) is 0 Å². The van der Waals surface area contributed by atoms with Crippen molar-refractivity contribution in [2.45, 2.75) is 13.0 Å². The van der Waals surface area contributed by atoms with Crippen molar-refractivity contribution in [2.24, 2.45) is 0 Å². The fourth-order valence-electron chi connectivity index (χ4n) is 2.44. The van der Waals surface area contributed by atoms with Gasteiger partial charge in [0.05, 0.1) is 11.4 Å². The predicted octanol–water partition coefficient (Wildman–Crippen LogP) is 2.03. The minimum Gasteiger partial charge on any atom is -0.397 e. The molecule has 0 aliphatic carbocycles. The zero-order valence-electron chi connectivity index (χ0n) is 11.9. The van der Waals surface area contributed by atoms with Gasteiger partial charge in [0.25, 0.3) is 5.91 Å². The van der Waals surface area contributed by atoms with E-state index in [0.717, 1.165) is 23.7 Å². The first-order valence-corrected chi connectivity index (χ1v) is 8.11. The van der Waals surface area contributed by atoms with Gasteiger partial charge in [-0.05, 0) is 25.1 Å². The van der Waals surface area contributed by atoms with Crippen LogP contribution in [-0.4, -0.2) is 44.7 Å². The van der Waals surface area contributed by atoms with Gasteiger partial charge in [-0.15, -0.1) is 0 Å². The Morgan fingerprint density at radius 1 is 1.38 bits per heavy atom. The third-order valence-corrected chi connectivity index (χ3v) is 4.81. The zero-order chi connectivity index (χ0) is 14.8. The molecule has 1 aromatic carbocycles. The van der Waals surface area contributed by atoms with Crippen molar-refractivity contribution in [1.29, 1.82) is 0 Å². The molecule has 1 amide bonds. The Labute approximate surface area is 128 Å². The van der Waals surface area contributed by atoms with Crippen molar-refractivity contribution in [3.8, 4) is 5.69 Å². The summed E-state index contributed by atoms with van der Waals surface area (Å²) in [6.07, 6.45) is 1.78. The minimum absolute atomic E-state index is 0.00366. The largest absolute Gasteiger partial charge is 0.397 e. The summed E-state index contributed by atoms with van der Waals surface area (Å²) < 4.78 is 1.66. The van der Waals surface area contributed by atoms with E-state index in [4.69, 9.17) is 5.73 Å². The number of hydrogen-bond acceptors (Lipinski definition) is 4. The van der Waals surface area contributed by atoms with Gasteiger partial charge in [-0.3, -0.25) is 4.79 Å². The Morgan fingerprint density at radius 2 is 2.19 bits per heavy atom. The van der Waals surface area contributed by atoms with Crippen LogP contribution in [0.2, 0.25) is 0 Å². The van der Waals surface area contributed by atoms with Crippen LogP contribution in [0.25, 0.3) is 5.69 Å². The van der Waals surface area contributed by atoms with Crippen LogP contribution in [0, 0.1) is 0 Å². The van der Waals surface area contributed by atoms with E-state index >= 15 is 0 Å². The standard InChI is InChI=1S/C15H18N4OS/c1-11-10-21-9-8-18(11)15(20)13-6-7-19(17-13)14-5-3-2-4-12(14)16/h2-7,11H,8-10,16H2,1H3. The summed E-state index contributed by atoms with van der Waals surface area (Å²) in [6, 6.07) is 9.49. The monoisotopic (exact) mass is 302 g/mol. The minimum atomic E-state index is -0.00366. The summed E-state index contributed by atoms with van der Waals surface area (Å²) in [6.45, 7) is 2.86. The maximum absolute atomic E-state index is 12.5. The molecule has 5 nitrogen and oxygen atoms in total. The number of para-hydroxylation sites is 2. The third-order valence-electron chi connectivity index (χ3n) is 3.62. The fourth-order valence-corrected chi connectivity index (χ4v) is 3.46. The summed E-state index contributed by atoms with van der Waals surface area (Å²) in [5, 5.41) is 4.39. The molecule has 2 heterocycles. The molecule has 1 aliphatic heterocycles. The number of rotatable bonds is 2. The summed E-state index contributed by atoms with van der Waals surface area (Å²) in [5.74, 6) is 1.97. The smallest absolute Gasteiger partial charge is 0.274 e. The summed E-state index contributed by atoms with van der Waals surface area (Å²) >= 11 is 1.89. The van der Waals surface area contributed by atoms with Crippen molar-refractivity contribution in [1.82, 2.24) is 14.7 Å². The van der Waals surface area contributed by atoms with E-state index in [0.29, 0.717) is 11.4 Å². The lowest BCUT2D eigenvalue weighted by Gasteiger charge is -2.32. The highest BCUT2D eigenvalue weighted by Crippen LogP contribution is 2.20. The van der Waals surface area contributed by atoms with Crippen molar-refractivity contribution in [2.75, 3.05) is 23.8 Å². The molecule has 0 spiro atoms. The highest BCUT2D eigenvalue weighted by Gasteiger charge is 2.26. The van der Waals surface area contributed by atoms with E-state index in [2.05, 4.69) is 12.0 Å². The van der Waals surface area contributed by atoms with Crippen LogP contribution in [0.15, 0.2) is 36.5 Å². The maximum atomic E-state index is 12.5. The predicted molar refractivity (Wildman–Crippen MR) is 85.8 cm³/mol. The zero-order valence-corrected chi connectivity index (χ0v) is 12.7. The second-order valence-electron chi connectivity index (χ2n) is 5.13. The van der Waals surface area contributed by atoms with Gasteiger partial charge < -0.3 is 10.6 Å². The Morgan fingerprint density at radius 3 is 2.95 bits per heavy atom. The molecule has 0 radical (unpaired) electrons. The van der Waals surface area contributed by atoms with E-state index in [9.17, 15) is 4.79 Å². The first-order chi connectivity index (χ1) is 10.2. The number of nitrogens with two attached hydrogens (primary N) is 1. The van der Waals surface area contributed by atoms with Gasteiger partial charge in [0, 0.05) is 30.3 Å². The van der Waals surface area contributed by atoms with Crippen LogP contribution < -0.4 is 5.73 Å². The van der Waals surface area contributed by atoms with Gasteiger partial charge in [-0.2, -0.15) is 16.9 Å². The number of aromatic nitrogens is 2. The van der Waals surface area contributed by atoms with E-state index in [1.165, 1.54) is 0 Å². The normalized spacial score (nSPS) is 18.7. The topological polar surface area (TPSA) is 64.2 Å². The van der Waals surface area contributed by atoms with Gasteiger partial charge in [0.15, 0.2) is 5.69 Å². The molecule has 0 bridgehead atoms. The Kier molecular flexibility index (Phi) is 3.88. The SMILES string of the molecule is CC1CSCCN1C(=O)c1ccn(-c2ccccc2N)n1. The number of carbonyl (C=O) groups excluding carboxylic acids is 1. The molecule has 21 heavy (non-hydrogen) atoms. The van der Waals surface area contributed by atoms with Crippen molar-refractivity contribution in [3.05, 3.63) is 42.2 Å². The summed E-state index contributed by atoms with van der Waals surface area (Å²) in [7, 11) is 0. The van der Waals surface area contributed by atoms with Gasteiger partial charge in [0.2, 0.25) is 0 Å². The van der Waals surface area contributed by atoms with E-state index in [1.54, 1.807) is 16.9 Å². The lowest BCUT2D eigenvalue weighted by Crippen LogP contribution is -2.44. The molecule has 1 atom stereocenters. The lowest BCUT2D eigenvalue weighted by molar-refractivity contribution is 0.0709. The van der Waals surface area contributed by atoms with Crippen molar-refractivity contribution in [3.63, 3.8) is 0 Å². The van der Waals surface area contributed by atoms with E-state index in [1.807, 2.05) is 40.9 Å². The van der Waals surface area contributed by atoms with Crippen LogP contribution in [0.1, 0.15) is 17.4 Å². The molecular weight excluding hydrogens is 284 g/mol. The number of benzene rings is 1. The first kappa shape index (κ1) is 14.0. The molecule has 2 N–H and O–H groups in total. The number of nitrogen functional groups attached to an aromatic ring is 1. The molecular formula is C15H18N4OS. The van der Waals surface area contributed by atoms with Crippen LogP contribution in [-0.2, 0) is 0 Å². The van der Waals surface area contributed by atoms with Crippen molar-refractivity contribution < 1.29 is 4.79 Å². The third kappa shape index (κ3) is 2.76. The molecule has 110 valence electrons. The highest BCUT2D eigenvalue weighted by molar-refractivity contribution is 7.99. The Bertz CT molecular complexity index is 655. The molecule has 1 unspecified atom stereocenters. The van der Waals surface area contributed by atoms with E-state index < -0.39 is 0 Å². The molecule has 1 fully saturated rings. The van der Waals surface area contributed by atoms with Gasteiger partial charge in [-0.1, -0.05) is 12.1 Å². The van der Waals surface area contributed by atoms with Crippen LogP contribution >= 0.6 is 11.8 Å². The maximum Gasteiger partial charge on any atom is 0.274 e. The molecule has 1 aromatic heterocycles. The number of carbonyl (C=O) groups is 1. The Hall–Kier alpha value is -1.95. The number of hydrogen-bond donors (Lipinski definition) is 1. The molecule has 2 aromatic rings. The number of anilines is 1. The second-order valence-corrected chi connectivity index (χ2v) is 6.28. The van der Waals surface area contributed by atoms with Gasteiger partial charge in [-0.25, -0.2) is 4.68 Å². The highest BCUT2D eigenvalue weighted by atomic mass is 32.2. The van der Waals surface area contributed by atoms with Crippen LogP contribution in [0.4, 0.5) is 5.69 Å². The van der Waals surface area contributed by atoms with Gasteiger partial charge >= 0.3 is 0 Å². The Balaban J connectivity index is 1.85. The molecule has 6 heteroatoms. The fraction of sp³-hybridized carbons (Fsp3) is 0.333. The van der Waals surface area contributed by atoms with Gasteiger partial charge in [0.1, 0.15) is 0 Å². The van der Waals surface area contributed by atoms with Crippen molar-refractivity contribution >= 4 is 23.4 Å². The molecule has 1 saturated heterocycles.